The van der Waals surface area contributed by atoms with Crippen molar-refractivity contribution >= 4 is 10.8 Å². The molecule has 0 amide bonds. The van der Waals surface area contributed by atoms with Gasteiger partial charge in [0.15, 0.2) is 0 Å². The smallest absolute Gasteiger partial charge is 1.00 e. The molecule has 0 radical (unpaired) electrons. The number of benzene rings is 1. The molecule has 3 aromatic rings. The molecule has 3 heteroatoms. The van der Waals surface area contributed by atoms with Crippen molar-refractivity contribution in [3.8, 4) is 0 Å². The number of halogens is 2. The van der Waals surface area contributed by atoms with Crippen LogP contribution in [0.15, 0.2) is 36.4 Å². The van der Waals surface area contributed by atoms with E-state index in [1.807, 2.05) is 0 Å². The molecule has 0 N–H and O–H groups in total. The Morgan fingerprint density at radius 1 is 0.923 bits per heavy atom. The minimum absolute atomic E-state index is 0. The summed E-state index contributed by atoms with van der Waals surface area (Å²) >= 11 is 0. The first kappa shape index (κ1) is 28.2. The molecular weight excluding hydrogens is 527 g/mol. The van der Waals surface area contributed by atoms with Crippen molar-refractivity contribution in [1.82, 2.24) is 0 Å². The zero-order valence-electron chi connectivity index (χ0n) is 17.0. The van der Waals surface area contributed by atoms with E-state index in [2.05, 4.69) is 84.9 Å². The van der Waals surface area contributed by atoms with Gasteiger partial charge in [0, 0.05) is 0 Å². The second-order valence-electron chi connectivity index (χ2n) is 7.22. The fourth-order valence-electron chi connectivity index (χ4n) is 3.21. The van der Waals surface area contributed by atoms with Gasteiger partial charge in [-0.25, -0.2) is 0 Å². The van der Waals surface area contributed by atoms with Crippen LogP contribution in [0.25, 0.3) is 10.8 Å². The summed E-state index contributed by atoms with van der Waals surface area (Å²) in [5, 5.41) is 2.75. The number of rotatable bonds is 2. The Balaban J connectivity index is 0. The fourth-order valence-corrected chi connectivity index (χ4v) is 3.21. The summed E-state index contributed by atoms with van der Waals surface area (Å²) in [6, 6.07) is 13.2. The van der Waals surface area contributed by atoms with Crippen LogP contribution in [0.5, 0.6) is 0 Å². The van der Waals surface area contributed by atoms with E-state index in [0.717, 1.165) is 5.92 Å². The molecule has 0 fully saturated rings. The summed E-state index contributed by atoms with van der Waals surface area (Å²) in [5.41, 5.74) is 8.81. The molecule has 0 unspecified atom stereocenters. The van der Waals surface area contributed by atoms with Gasteiger partial charge < -0.3 is 34.0 Å². The van der Waals surface area contributed by atoms with Crippen molar-refractivity contribution in [3.63, 3.8) is 0 Å². The first-order chi connectivity index (χ1) is 10.8. The Hall–Kier alpha value is 0.0231. The van der Waals surface area contributed by atoms with Gasteiger partial charge in [-0.1, -0.05) is 54.5 Å². The van der Waals surface area contributed by atoms with Gasteiger partial charge in [0.2, 0.25) is 0 Å². The van der Waals surface area contributed by atoms with Crippen molar-refractivity contribution < 1.29 is 60.2 Å². The van der Waals surface area contributed by atoms with Gasteiger partial charge >= 0.3 is 26.2 Å². The summed E-state index contributed by atoms with van der Waals surface area (Å²) in [5.74, 6) is 0.747. The molecule has 0 aliphatic carbocycles. The molecule has 0 aliphatic heterocycles. The molecule has 0 spiro atoms. The molecule has 0 bridgehead atoms. The summed E-state index contributed by atoms with van der Waals surface area (Å²) < 4.78 is 0. The van der Waals surface area contributed by atoms with E-state index in [9.17, 15) is 0 Å². The molecule has 3 rings (SSSR count). The second-order valence-corrected chi connectivity index (χ2v) is 7.22. The minimum atomic E-state index is 0. The minimum Gasteiger partial charge on any atom is -1.00 e. The van der Waals surface area contributed by atoms with Crippen molar-refractivity contribution in [2.45, 2.75) is 54.9 Å². The van der Waals surface area contributed by atoms with Gasteiger partial charge in [-0.15, -0.1) is 40.6 Å². The fraction of sp³-hybridized carbons (Fsp3) is 0.391. The number of hydrogen-bond donors (Lipinski definition) is 0. The molecule has 0 atom stereocenters. The molecule has 0 aromatic heterocycles. The summed E-state index contributed by atoms with van der Waals surface area (Å²) in [6.45, 7) is 15.5. The standard InChI is InChI=1S/C13H15.C10H15.2BrH.Zr/c1-10(2)7-11-8-12-5-3-4-6-13(12)9-11;1-6-7(2)9(4)10(5)8(6)3;;;/h3-6,8-10H,7H2,1-2H3;1-5H3;2*1H;/q2*-1;;;+4/p-2. The largest absolute Gasteiger partial charge is 4.00 e. The molecule has 0 nitrogen and oxygen atoms in total. The van der Waals surface area contributed by atoms with Gasteiger partial charge in [-0.05, 0) is 12.3 Å². The molecule has 0 heterocycles. The second kappa shape index (κ2) is 12.5. The monoisotopic (exact) mass is 554 g/mol. The van der Waals surface area contributed by atoms with Gasteiger partial charge in [-0.2, -0.15) is 33.9 Å². The van der Waals surface area contributed by atoms with Crippen LogP contribution in [0, 0.1) is 40.5 Å². The van der Waals surface area contributed by atoms with Crippen LogP contribution >= 0.6 is 0 Å². The third-order valence-electron chi connectivity index (χ3n) is 5.13. The molecule has 0 aliphatic rings. The number of hydrogen-bond acceptors (Lipinski definition) is 0. The van der Waals surface area contributed by atoms with E-state index < -0.39 is 0 Å². The predicted octanol–water partition coefficient (Wildman–Crippen LogP) is 0.710. The Labute approximate surface area is 200 Å². The van der Waals surface area contributed by atoms with E-state index in [0.29, 0.717) is 0 Å². The van der Waals surface area contributed by atoms with Crippen LogP contribution in [0.4, 0.5) is 0 Å². The van der Waals surface area contributed by atoms with Gasteiger partial charge in [0.05, 0.1) is 0 Å². The maximum Gasteiger partial charge on any atom is 4.00 e. The van der Waals surface area contributed by atoms with E-state index in [1.54, 1.807) is 0 Å². The molecule has 140 valence electrons. The molecule has 3 aromatic carbocycles. The van der Waals surface area contributed by atoms with E-state index in [-0.39, 0.29) is 60.2 Å². The predicted molar refractivity (Wildman–Crippen MR) is 104 cm³/mol. The first-order valence-corrected chi connectivity index (χ1v) is 8.65. The molecular formula is C23H30Br2Zr. The molecule has 0 saturated carbocycles. The Morgan fingerprint density at radius 2 is 1.42 bits per heavy atom. The first-order valence-electron chi connectivity index (χ1n) is 8.65. The third-order valence-corrected chi connectivity index (χ3v) is 5.13. The van der Waals surface area contributed by atoms with Crippen molar-refractivity contribution in [2.24, 2.45) is 5.92 Å². The summed E-state index contributed by atoms with van der Waals surface area (Å²) in [4.78, 5) is 0. The maximum absolute atomic E-state index is 2.30. The van der Waals surface area contributed by atoms with Crippen molar-refractivity contribution in [2.75, 3.05) is 0 Å². The van der Waals surface area contributed by atoms with Crippen LogP contribution in [-0.2, 0) is 32.6 Å². The number of fused-ring (bicyclic) bond motifs is 1. The third kappa shape index (κ3) is 6.88. The summed E-state index contributed by atoms with van der Waals surface area (Å²) in [6.07, 6.45) is 1.19. The van der Waals surface area contributed by atoms with Crippen LogP contribution in [-0.4, -0.2) is 0 Å². The van der Waals surface area contributed by atoms with Gasteiger partial charge in [0.1, 0.15) is 0 Å². The zero-order chi connectivity index (χ0) is 17.1. The average molecular weight is 558 g/mol. The Kier molecular flexibility index (Phi) is 13.5. The van der Waals surface area contributed by atoms with E-state index in [4.69, 9.17) is 0 Å². The molecule has 0 saturated heterocycles. The van der Waals surface area contributed by atoms with Crippen molar-refractivity contribution in [3.05, 3.63) is 69.8 Å². The van der Waals surface area contributed by atoms with Crippen LogP contribution in [0.3, 0.4) is 0 Å². The van der Waals surface area contributed by atoms with Gasteiger partial charge in [0.25, 0.3) is 0 Å². The quantitative estimate of drug-likeness (QED) is 0.408. The normalized spacial score (nSPS) is 9.69. The van der Waals surface area contributed by atoms with E-state index >= 15 is 0 Å². The van der Waals surface area contributed by atoms with E-state index in [1.165, 1.54) is 50.6 Å². The molecule has 26 heavy (non-hydrogen) atoms. The SMILES string of the molecule is CC(C)Cc1cc2ccccc2[cH-]1.Cc1c(C)c(C)[c-](C)c1C.[Br-].[Br-].[Zr+4]. The Bertz CT molecular complexity index is 681. The Morgan fingerprint density at radius 3 is 1.81 bits per heavy atom. The van der Waals surface area contributed by atoms with Crippen LogP contribution < -0.4 is 34.0 Å². The van der Waals surface area contributed by atoms with Gasteiger partial charge in [-0.3, -0.25) is 0 Å². The average Bonchev–Trinajstić information content (AvgIpc) is 2.98. The summed E-state index contributed by atoms with van der Waals surface area (Å²) in [7, 11) is 0. The van der Waals surface area contributed by atoms with Crippen molar-refractivity contribution in [1.29, 1.82) is 0 Å². The topological polar surface area (TPSA) is 0 Å². The van der Waals surface area contributed by atoms with Crippen LogP contribution in [0.2, 0.25) is 0 Å². The van der Waals surface area contributed by atoms with Crippen LogP contribution in [0.1, 0.15) is 47.2 Å². The zero-order valence-corrected chi connectivity index (χ0v) is 22.6. The maximum atomic E-state index is 2.30.